The molecule has 1 fully saturated rings. The number of methoxy groups -OCH3 is 1. The normalized spacial score (nSPS) is 18.2. The molecule has 6 heteroatoms. The summed E-state index contributed by atoms with van der Waals surface area (Å²) < 4.78 is 10.7. The Morgan fingerprint density at radius 1 is 1.46 bits per heavy atom. The van der Waals surface area contributed by atoms with Crippen LogP contribution in [0.3, 0.4) is 0 Å². The van der Waals surface area contributed by atoms with Crippen LogP contribution in [0, 0.1) is 20.8 Å². The number of aromatic nitrogens is 1. The van der Waals surface area contributed by atoms with E-state index >= 15 is 0 Å². The molecule has 1 aliphatic heterocycles. The van der Waals surface area contributed by atoms with Crippen molar-refractivity contribution < 1.29 is 13.9 Å². The Bertz CT molecular complexity index is 715. The standard InChI is InChI=1S/C18H24N2O3S/c1-11-13(3)24-17(19-11)14-6-5-7-20(9-14)18(21)16-8-15(10-22-4)23-12(16)2/h8,14H,5-7,9-10H2,1-4H3. The lowest BCUT2D eigenvalue weighted by atomic mass is 9.98. The molecule has 0 aromatic carbocycles. The molecule has 0 saturated carbocycles. The minimum atomic E-state index is 0.0494. The zero-order valence-corrected chi connectivity index (χ0v) is 15.5. The fourth-order valence-corrected chi connectivity index (χ4v) is 4.22. The Morgan fingerprint density at radius 3 is 2.92 bits per heavy atom. The SMILES string of the molecule is COCc1cc(C(=O)N2CCCC(c3nc(C)c(C)s3)C2)c(C)o1. The summed E-state index contributed by atoms with van der Waals surface area (Å²) in [4.78, 5) is 20.8. The molecule has 2 aromatic rings. The Labute approximate surface area is 146 Å². The molecule has 0 spiro atoms. The van der Waals surface area contributed by atoms with Gasteiger partial charge < -0.3 is 14.1 Å². The molecule has 0 N–H and O–H groups in total. The van der Waals surface area contributed by atoms with Crippen molar-refractivity contribution in [3.63, 3.8) is 0 Å². The van der Waals surface area contributed by atoms with Crippen molar-refractivity contribution in [3.8, 4) is 0 Å². The minimum absolute atomic E-state index is 0.0494. The van der Waals surface area contributed by atoms with Crippen molar-refractivity contribution in [2.75, 3.05) is 20.2 Å². The van der Waals surface area contributed by atoms with Gasteiger partial charge in [-0.2, -0.15) is 0 Å². The lowest BCUT2D eigenvalue weighted by Crippen LogP contribution is -2.39. The quantitative estimate of drug-likeness (QED) is 0.843. The summed E-state index contributed by atoms with van der Waals surface area (Å²) in [6, 6.07) is 1.81. The van der Waals surface area contributed by atoms with Crippen LogP contribution in [0.1, 0.15) is 56.2 Å². The molecule has 0 bridgehead atoms. The fraction of sp³-hybridized carbons (Fsp3) is 0.556. The summed E-state index contributed by atoms with van der Waals surface area (Å²) in [5.74, 6) is 1.74. The van der Waals surface area contributed by atoms with Gasteiger partial charge in [0, 0.05) is 31.0 Å². The maximum Gasteiger partial charge on any atom is 0.257 e. The summed E-state index contributed by atoms with van der Waals surface area (Å²) in [5, 5.41) is 1.16. The molecule has 0 radical (unpaired) electrons. The van der Waals surface area contributed by atoms with E-state index in [4.69, 9.17) is 14.1 Å². The average Bonchev–Trinajstić information content (AvgIpc) is 3.10. The van der Waals surface area contributed by atoms with E-state index in [2.05, 4.69) is 6.92 Å². The fourth-order valence-electron chi connectivity index (χ4n) is 3.18. The van der Waals surface area contributed by atoms with Crippen molar-refractivity contribution in [1.29, 1.82) is 0 Å². The Morgan fingerprint density at radius 2 is 2.25 bits per heavy atom. The zero-order chi connectivity index (χ0) is 17.3. The van der Waals surface area contributed by atoms with Crippen LogP contribution in [0.2, 0.25) is 0 Å². The first-order chi connectivity index (χ1) is 11.5. The van der Waals surface area contributed by atoms with E-state index in [1.165, 1.54) is 4.88 Å². The topological polar surface area (TPSA) is 55.6 Å². The van der Waals surface area contributed by atoms with Gasteiger partial charge in [0.2, 0.25) is 0 Å². The lowest BCUT2D eigenvalue weighted by molar-refractivity contribution is 0.0705. The van der Waals surface area contributed by atoms with Crippen molar-refractivity contribution in [1.82, 2.24) is 9.88 Å². The highest BCUT2D eigenvalue weighted by Gasteiger charge is 2.29. The van der Waals surface area contributed by atoms with Gasteiger partial charge in [-0.05, 0) is 39.7 Å². The molecule has 2 aromatic heterocycles. The highest BCUT2D eigenvalue weighted by molar-refractivity contribution is 7.11. The highest BCUT2D eigenvalue weighted by Crippen LogP contribution is 2.32. The van der Waals surface area contributed by atoms with Gasteiger partial charge in [-0.15, -0.1) is 11.3 Å². The number of rotatable bonds is 4. The highest BCUT2D eigenvalue weighted by atomic mass is 32.1. The van der Waals surface area contributed by atoms with Gasteiger partial charge in [0.05, 0.1) is 16.3 Å². The predicted molar refractivity (Wildman–Crippen MR) is 93.6 cm³/mol. The Hall–Kier alpha value is -1.66. The van der Waals surface area contributed by atoms with Crippen LogP contribution < -0.4 is 0 Å². The number of ether oxygens (including phenoxy) is 1. The van der Waals surface area contributed by atoms with Crippen molar-refractivity contribution >= 4 is 17.2 Å². The second-order valence-corrected chi connectivity index (χ2v) is 7.63. The largest absolute Gasteiger partial charge is 0.463 e. The first-order valence-electron chi connectivity index (χ1n) is 8.31. The zero-order valence-electron chi connectivity index (χ0n) is 14.7. The minimum Gasteiger partial charge on any atom is -0.463 e. The predicted octanol–water partition coefficient (Wildman–Crippen LogP) is 3.83. The number of piperidine rings is 1. The van der Waals surface area contributed by atoms with Gasteiger partial charge in [-0.1, -0.05) is 0 Å². The summed E-state index contributed by atoms with van der Waals surface area (Å²) in [6.45, 7) is 7.90. The van der Waals surface area contributed by atoms with Gasteiger partial charge in [-0.25, -0.2) is 4.98 Å². The second-order valence-electron chi connectivity index (χ2n) is 6.40. The third-order valence-electron chi connectivity index (χ3n) is 4.59. The molecular weight excluding hydrogens is 324 g/mol. The van der Waals surface area contributed by atoms with Crippen LogP contribution in [0.5, 0.6) is 0 Å². The summed E-state index contributed by atoms with van der Waals surface area (Å²) >= 11 is 1.76. The van der Waals surface area contributed by atoms with E-state index in [1.807, 2.05) is 24.8 Å². The number of carbonyl (C=O) groups excluding carboxylic acids is 1. The molecule has 0 aliphatic carbocycles. The molecule has 5 nitrogen and oxygen atoms in total. The van der Waals surface area contributed by atoms with Crippen LogP contribution in [0.25, 0.3) is 0 Å². The molecule has 130 valence electrons. The average molecular weight is 348 g/mol. The van der Waals surface area contributed by atoms with E-state index in [-0.39, 0.29) is 5.91 Å². The van der Waals surface area contributed by atoms with Gasteiger partial charge in [-0.3, -0.25) is 4.79 Å². The van der Waals surface area contributed by atoms with E-state index < -0.39 is 0 Å². The Kier molecular flexibility index (Phi) is 5.06. The number of hydrogen-bond donors (Lipinski definition) is 0. The number of amides is 1. The molecule has 3 heterocycles. The molecule has 24 heavy (non-hydrogen) atoms. The number of thiazole rings is 1. The first-order valence-corrected chi connectivity index (χ1v) is 9.12. The molecule has 1 atom stereocenters. The van der Waals surface area contributed by atoms with Crippen LogP contribution in [-0.4, -0.2) is 36.0 Å². The van der Waals surface area contributed by atoms with E-state index in [0.29, 0.717) is 29.6 Å². The van der Waals surface area contributed by atoms with Gasteiger partial charge >= 0.3 is 0 Å². The second kappa shape index (κ2) is 7.07. The van der Waals surface area contributed by atoms with Crippen LogP contribution >= 0.6 is 11.3 Å². The third kappa shape index (κ3) is 3.39. The molecule has 1 unspecified atom stereocenters. The molecule has 1 amide bonds. The summed E-state index contributed by atoms with van der Waals surface area (Å²) in [6.07, 6.45) is 2.10. The molecular formula is C18H24N2O3S. The van der Waals surface area contributed by atoms with Gasteiger partial charge in [0.15, 0.2) is 0 Å². The summed E-state index contributed by atoms with van der Waals surface area (Å²) in [5.41, 5.74) is 1.75. The number of likely N-dealkylation sites (tertiary alicyclic amines) is 1. The molecule has 1 saturated heterocycles. The van der Waals surface area contributed by atoms with Crippen molar-refractivity contribution in [2.24, 2.45) is 0 Å². The molecule has 3 rings (SSSR count). The van der Waals surface area contributed by atoms with E-state index in [1.54, 1.807) is 18.4 Å². The number of carbonyl (C=O) groups is 1. The maximum absolute atomic E-state index is 12.9. The number of hydrogen-bond acceptors (Lipinski definition) is 5. The van der Waals surface area contributed by atoms with E-state index in [0.717, 1.165) is 36.6 Å². The van der Waals surface area contributed by atoms with Crippen molar-refractivity contribution in [3.05, 3.63) is 38.7 Å². The smallest absolute Gasteiger partial charge is 0.257 e. The number of aryl methyl sites for hydroxylation is 3. The van der Waals surface area contributed by atoms with Crippen LogP contribution in [0.15, 0.2) is 10.5 Å². The summed E-state index contributed by atoms with van der Waals surface area (Å²) in [7, 11) is 1.62. The van der Waals surface area contributed by atoms with Gasteiger partial charge in [0.1, 0.15) is 18.1 Å². The van der Waals surface area contributed by atoms with E-state index in [9.17, 15) is 4.79 Å². The van der Waals surface area contributed by atoms with Crippen molar-refractivity contribution in [2.45, 2.75) is 46.1 Å². The van der Waals surface area contributed by atoms with Gasteiger partial charge in [0.25, 0.3) is 5.91 Å². The lowest BCUT2D eigenvalue weighted by Gasteiger charge is -2.31. The first kappa shape index (κ1) is 17.2. The van der Waals surface area contributed by atoms with Crippen LogP contribution in [0.4, 0.5) is 0 Å². The molecule has 1 aliphatic rings. The van der Waals surface area contributed by atoms with Crippen LogP contribution in [-0.2, 0) is 11.3 Å². The third-order valence-corrected chi connectivity index (χ3v) is 5.82. The number of nitrogens with zero attached hydrogens (tertiary/aromatic N) is 2. The maximum atomic E-state index is 12.9. The Balaban J connectivity index is 1.75. The monoisotopic (exact) mass is 348 g/mol. The number of furan rings is 1.